The number of quaternary nitrogens is 1. The number of ether oxygens (including phenoxy) is 1. The van der Waals surface area contributed by atoms with Gasteiger partial charge >= 0.3 is 5.97 Å². The molecule has 0 aliphatic heterocycles. The maximum absolute atomic E-state index is 13.6. The van der Waals surface area contributed by atoms with Crippen LogP contribution in [0.2, 0.25) is 0 Å². The van der Waals surface area contributed by atoms with Gasteiger partial charge in [0.1, 0.15) is 19.3 Å². The number of hydrogen-bond acceptors (Lipinski definition) is 7. The van der Waals surface area contributed by atoms with Crippen LogP contribution >= 0.6 is 7.82 Å². The van der Waals surface area contributed by atoms with Gasteiger partial charge in [-0.3, -0.25) is 14.2 Å². The normalized spacial score (nSPS) is 14.1. The molecule has 3 atom stereocenters. The number of phosphoric acid groups is 1. The van der Waals surface area contributed by atoms with Gasteiger partial charge in [-0.15, -0.1) is 0 Å². The highest BCUT2D eigenvalue weighted by molar-refractivity contribution is 7.45. The van der Waals surface area contributed by atoms with E-state index in [1.165, 1.54) is 173 Å². The molecule has 0 aromatic heterocycles. The minimum Gasteiger partial charge on any atom is -0.756 e. The molecule has 0 saturated heterocycles. The Labute approximate surface area is 526 Å². The second kappa shape index (κ2) is 63.9. The Balaban J connectivity index is 5.06. The van der Waals surface area contributed by atoms with Gasteiger partial charge in [-0.1, -0.05) is 285 Å². The number of amides is 1. The SMILES string of the molecule is CCCCC/C=C\C/C=C\C/C=C\C/C=C\CCCCCCCCCC(=O)OC(/C=C/CCCCCCCCCCC)C(COP(=O)([O-])OCC[N+](C)(C)C)NC(=O)CCCCCCCCCCCCCC/C=C\C/C=C\C/C=C\CCCCC. The van der Waals surface area contributed by atoms with Crippen LogP contribution in [0.1, 0.15) is 316 Å². The Hall–Kier alpha value is -3.07. The van der Waals surface area contributed by atoms with E-state index in [1.807, 2.05) is 33.3 Å². The molecule has 3 unspecified atom stereocenters. The third-order valence-electron chi connectivity index (χ3n) is 15.5. The van der Waals surface area contributed by atoms with Crippen molar-refractivity contribution in [2.24, 2.45) is 0 Å². The molecular weight excluding hydrogens is 1070 g/mol. The first-order chi connectivity index (χ1) is 41.4. The minimum atomic E-state index is -4.71. The average Bonchev–Trinajstić information content (AvgIpc) is 3.62. The number of carbonyl (C=O) groups is 2. The number of allylic oxidation sites excluding steroid dienone is 15. The van der Waals surface area contributed by atoms with Crippen LogP contribution in [0.3, 0.4) is 0 Å². The molecular formula is C75H135N2O7P. The number of phosphoric ester groups is 1. The molecule has 1 N–H and O–H groups in total. The summed E-state index contributed by atoms with van der Waals surface area (Å²) in [6, 6.07) is -0.900. The highest BCUT2D eigenvalue weighted by atomic mass is 31.2. The molecule has 0 heterocycles. The quantitative estimate of drug-likeness (QED) is 0.0212. The lowest BCUT2D eigenvalue weighted by atomic mass is 10.0. The largest absolute Gasteiger partial charge is 0.756 e. The number of nitrogens with zero attached hydrogens (tertiary/aromatic N) is 1. The molecule has 9 nitrogen and oxygen atoms in total. The number of likely N-dealkylation sites (N-methyl/N-ethyl adjacent to an activating group) is 1. The van der Waals surface area contributed by atoms with E-state index in [-0.39, 0.29) is 24.9 Å². The fraction of sp³-hybridized carbons (Fsp3) is 0.760. The third-order valence-corrected chi connectivity index (χ3v) is 16.5. The van der Waals surface area contributed by atoms with Gasteiger partial charge in [-0.25, -0.2) is 0 Å². The van der Waals surface area contributed by atoms with Crippen LogP contribution in [0.25, 0.3) is 0 Å². The number of esters is 1. The van der Waals surface area contributed by atoms with E-state index in [2.05, 4.69) is 111 Å². The zero-order valence-electron chi connectivity index (χ0n) is 56.3. The summed E-state index contributed by atoms with van der Waals surface area (Å²) in [7, 11) is 1.17. The average molecular weight is 1210 g/mol. The van der Waals surface area contributed by atoms with Crippen LogP contribution in [-0.2, 0) is 27.9 Å². The molecule has 0 aliphatic carbocycles. The van der Waals surface area contributed by atoms with Crippen molar-refractivity contribution in [3.05, 3.63) is 97.2 Å². The molecule has 0 saturated carbocycles. The number of unbranched alkanes of at least 4 members (excludes halogenated alkanes) is 34. The number of carbonyl (C=O) groups excluding carboxylic acids is 2. The van der Waals surface area contributed by atoms with E-state index in [0.717, 1.165) is 103 Å². The van der Waals surface area contributed by atoms with Crippen LogP contribution in [0.5, 0.6) is 0 Å². The fourth-order valence-corrected chi connectivity index (χ4v) is 10.7. The van der Waals surface area contributed by atoms with Crippen LogP contribution in [0.4, 0.5) is 0 Å². The van der Waals surface area contributed by atoms with Gasteiger partial charge in [0.15, 0.2) is 0 Å². The minimum absolute atomic E-state index is 0.0281. The van der Waals surface area contributed by atoms with E-state index >= 15 is 0 Å². The molecule has 85 heavy (non-hydrogen) atoms. The first-order valence-electron chi connectivity index (χ1n) is 35.5. The van der Waals surface area contributed by atoms with Crippen LogP contribution in [-0.4, -0.2) is 69.4 Å². The summed E-state index contributed by atoms with van der Waals surface area (Å²) in [6.45, 7) is 6.79. The first kappa shape index (κ1) is 81.9. The molecule has 0 bridgehead atoms. The van der Waals surface area contributed by atoms with Crippen molar-refractivity contribution in [3.63, 3.8) is 0 Å². The molecule has 0 rings (SSSR count). The van der Waals surface area contributed by atoms with Gasteiger partial charge < -0.3 is 28.5 Å². The molecule has 0 aliphatic rings. The van der Waals surface area contributed by atoms with E-state index in [9.17, 15) is 19.0 Å². The monoisotopic (exact) mass is 1210 g/mol. The summed E-state index contributed by atoms with van der Waals surface area (Å²) in [5.74, 6) is -0.553. The Kier molecular flexibility index (Phi) is 61.6. The van der Waals surface area contributed by atoms with Crippen molar-refractivity contribution < 1.29 is 37.3 Å². The van der Waals surface area contributed by atoms with Crippen molar-refractivity contribution in [1.82, 2.24) is 5.32 Å². The van der Waals surface area contributed by atoms with E-state index in [4.69, 9.17) is 13.8 Å². The van der Waals surface area contributed by atoms with Gasteiger partial charge in [-0.05, 0) is 115 Å². The lowest BCUT2D eigenvalue weighted by molar-refractivity contribution is -0.870. The molecule has 0 aromatic rings. The van der Waals surface area contributed by atoms with Gasteiger partial charge in [0.2, 0.25) is 5.91 Å². The predicted octanol–water partition coefficient (Wildman–Crippen LogP) is 22.0. The maximum atomic E-state index is 13.6. The Bertz CT molecular complexity index is 1780. The second-order valence-corrected chi connectivity index (χ2v) is 26.4. The molecule has 492 valence electrons. The summed E-state index contributed by atoms with van der Waals surface area (Å²) in [4.78, 5) is 40.2. The molecule has 1 amide bonds. The highest BCUT2D eigenvalue weighted by Crippen LogP contribution is 2.38. The van der Waals surface area contributed by atoms with Crippen molar-refractivity contribution in [3.8, 4) is 0 Å². The summed E-state index contributed by atoms with van der Waals surface area (Å²) >= 11 is 0. The van der Waals surface area contributed by atoms with Crippen molar-refractivity contribution >= 4 is 19.7 Å². The van der Waals surface area contributed by atoms with Crippen LogP contribution < -0.4 is 10.2 Å². The van der Waals surface area contributed by atoms with E-state index in [0.29, 0.717) is 23.9 Å². The smallest absolute Gasteiger partial charge is 0.306 e. The molecule has 10 heteroatoms. The number of nitrogens with one attached hydrogen (secondary N) is 1. The Morgan fingerprint density at radius 2 is 0.718 bits per heavy atom. The zero-order chi connectivity index (χ0) is 62.1. The van der Waals surface area contributed by atoms with Crippen LogP contribution in [0, 0.1) is 0 Å². The number of hydrogen-bond donors (Lipinski definition) is 1. The standard InChI is InChI=1S/C75H135N2O7P/c1-7-10-13-16-19-22-25-27-29-31-33-35-37-38-40-41-43-45-47-49-52-55-58-61-64-67-74(78)76-72(71-83-85(80,81)82-70-69-77(4,5)6)73(66-63-60-57-54-51-24-21-18-15-12-9-3)84-75(79)68-65-62-59-56-53-50-48-46-44-42-39-36-34-32-30-28-26-23-20-17-14-11-8-2/h19-20,22-23,27-30,33-36,42,44,63,66,72-73H,7-18,21,24-26,31-32,37-41,43,45-62,64-65,67-71H2,1-6H3,(H-,76,78,80,81)/b22-19-,23-20-,29-27-,30-28-,35-33-,36-34-,44-42-,66-63+. The van der Waals surface area contributed by atoms with Gasteiger partial charge in [0.25, 0.3) is 7.82 Å². The van der Waals surface area contributed by atoms with Gasteiger partial charge in [0, 0.05) is 12.8 Å². The predicted molar refractivity (Wildman–Crippen MR) is 367 cm³/mol. The van der Waals surface area contributed by atoms with E-state index in [1.54, 1.807) is 0 Å². The first-order valence-corrected chi connectivity index (χ1v) is 37.0. The van der Waals surface area contributed by atoms with Crippen molar-refractivity contribution in [2.45, 2.75) is 328 Å². The molecule has 0 spiro atoms. The van der Waals surface area contributed by atoms with Crippen molar-refractivity contribution in [1.29, 1.82) is 0 Å². The Morgan fingerprint density at radius 3 is 1.09 bits per heavy atom. The summed E-state index contributed by atoms with van der Waals surface area (Å²) in [5, 5.41) is 3.04. The lowest BCUT2D eigenvalue weighted by Gasteiger charge is -2.30. The summed E-state index contributed by atoms with van der Waals surface area (Å²) in [6.07, 6.45) is 86.7. The Morgan fingerprint density at radius 1 is 0.412 bits per heavy atom. The van der Waals surface area contributed by atoms with Gasteiger partial charge in [-0.2, -0.15) is 0 Å². The maximum Gasteiger partial charge on any atom is 0.306 e. The third kappa shape index (κ3) is 65.2. The summed E-state index contributed by atoms with van der Waals surface area (Å²) in [5.41, 5.74) is 0. The second-order valence-electron chi connectivity index (χ2n) is 25.0. The van der Waals surface area contributed by atoms with Crippen LogP contribution in [0.15, 0.2) is 97.2 Å². The summed E-state index contributed by atoms with van der Waals surface area (Å²) < 4.78 is 30.4. The van der Waals surface area contributed by atoms with Crippen molar-refractivity contribution in [2.75, 3.05) is 40.9 Å². The molecule has 0 aromatic carbocycles. The zero-order valence-corrected chi connectivity index (χ0v) is 57.2. The molecule has 0 fully saturated rings. The molecule has 0 radical (unpaired) electrons. The fourth-order valence-electron chi connectivity index (χ4n) is 9.98. The van der Waals surface area contributed by atoms with E-state index < -0.39 is 26.6 Å². The lowest BCUT2D eigenvalue weighted by Crippen LogP contribution is -2.47. The highest BCUT2D eigenvalue weighted by Gasteiger charge is 2.27. The topological polar surface area (TPSA) is 114 Å². The number of rotatable bonds is 64. The van der Waals surface area contributed by atoms with Gasteiger partial charge in [0.05, 0.1) is 33.8 Å².